The average molecular weight is 430 g/mol. The van der Waals surface area contributed by atoms with Gasteiger partial charge < -0.3 is 10.1 Å². The number of carbonyl (C=O) groups is 2. The molecule has 1 aliphatic heterocycles. The molecular weight excluding hydrogens is 407 g/mol. The number of hydrogen-bond acceptors (Lipinski definition) is 4. The zero-order chi connectivity index (χ0) is 22.8. The Bertz CT molecular complexity index is 1250. The highest BCUT2D eigenvalue weighted by Gasteiger charge is 2.40. The first-order valence-electron chi connectivity index (χ1n) is 10.3. The van der Waals surface area contributed by atoms with Gasteiger partial charge in [0.2, 0.25) is 0 Å². The molecule has 0 aliphatic carbocycles. The van der Waals surface area contributed by atoms with E-state index in [2.05, 4.69) is 5.32 Å². The van der Waals surface area contributed by atoms with Crippen LogP contribution in [0, 0.1) is 19.7 Å². The summed E-state index contributed by atoms with van der Waals surface area (Å²) >= 11 is 0. The number of imide groups is 1. The van der Waals surface area contributed by atoms with Crippen molar-refractivity contribution in [1.29, 1.82) is 0 Å². The minimum Gasteiger partial charge on any atom is -0.494 e. The standard InChI is InChI=1S/C26H23FN2O3/c1-4-32-21-10-6-8-19(15-21)28-24-23(22-12-11-16(2)13-17(22)3)25(30)29(26(24)31)20-9-5-7-18(27)14-20/h5-15,28H,4H2,1-3H3. The summed E-state index contributed by atoms with van der Waals surface area (Å²) in [5.74, 6) is -0.930. The second kappa shape index (κ2) is 8.67. The highest BCUT2D eigenvalue weighted by molar-refractivity contribution is 6.46. The maximum atomic E-state index is 13.9. The lowest BCUT2D eigenvalue weighted by Gasteiger charge is -2.15. The lowest BCUT2D eigenvalue weighted by molar-refractivity contribution is -0.120. The molecule has 0 saturated carbocycles. The zero-order valence-corrected chi connectivity index (χ0v) is 18.1. The number of benzene rings is 3. The van der Waals surface area contributed by atoms with Gasteiger partial charge in [0.1, 0.15) is 17.3 Å². The number of aryl methyl sites for hydroxylation is 2. The number of nitrogens with zero attached hydrogens (tertiary/aromatic N) is 1. The van der Waals surface area contributed by atoms with E-state index in [9.17, 15) is 14.0 Å². The molecule has 6 heteroatoms. The zero-order valence-electron chi connectivity index (χ0n) is 18.1. The van der Waals surface area contributed by atoms with Gasteiger partial charge >= 0.3 is 0 Å². The largest absolute Gasteiger partial charge is 0.494 e. The molecule has 0 atom stereocenters. The van der Waals surface area contributed by atoms with E-state index < -0.39 is 17.6 Å². The molecule has 0 bridgehead atoms. The number of ether oxygens (including phenoxy) is 1. The van der Waals surface area contributed by atoms with Crippen LogP contribution in [0.2, 0.25) is 0 Å². The fourth-order valence-corrected chi connectivity index (χ4v) is 3.81. The Kier molecular flexibility index (Phi) is 5.77. The number of hydrogen-bond donors (Lipinski definition) is 1. The summed E-state index contributed by atoms with van der Waals surface area (Å²) in [5, 5.41) is 3.12. The third-order valence-corrected chi connectivity index (χ3v) is 5.22. The minimum absolute atomic E-state index is 0.139. The van der Waals surface area contributed by atoms with Crippen LogP contribution in [0.25, 0.3) is 5.57 Å². The summed E-state index contributed by atoms with van der Waals surface area (Å²) < 4.78 is 19.4. The van der Waals surface area contributed by atoms with Gasteiger partial charge in [-0.1, -0.05) is 35.9 Å². The van der Waals surface area contributed by atoms with Crippen molar-refractivity contribution in [3.63, 3.8) is 0 Å². The van der Waals surface area contributed by atoms with Gasteiger partial charge in [-0.15, -0.1) is 0 Å². The molecule has 0 aromatic heterocycles. The molecule has 1 N–H and O–H groups in total. The van der Waals surface area contributed by atoms with Gasteiger partial charge in [-0.3, -0.25) is 9.59 Å². The lowest BCUT2D eigenvalue weighted by atomic mass is 9.97. The van der Waals surface area contributed by atoms with E-state index in [0.29, 0.717) is 23.6 Å². The van der Waals surface area contributed by atoms with Crippen molar-refractivity contribution in [3.8, 4) is 5.75 Å². The summed E-state index contributed by atoms with van der Waals surface area (Å²) in [6, 6.07) is 18.3. The molecule has 0 unspecified atom stereocenters. The quantitative estimate of drug-likeness (QED) is 0.544. The summed E-state index contributed by atoms with van der Waals surface area (Å²) in [7, 11) is 0. The maximum absolute atomic E-state index is 13.9. The molecule has 2 amide bonds. The molecule has 0 radical (unpaired) electrons. The summed E-state index contributed by atoms with van der Waals surface area (Å²) in [5.41, 5.74) is 3.74. The Hall–Kier alpha value is -3.93. The molecule has 1 heterocycles. The first kappa shape index (κ1) is 21.3. The van der Waals surface area contributed by atoms with Crippen LogP contribution in [0.5, 0.6) is 5.75 Å². The molecule has 5 nitrogen and oxygen atoms in total. The third-order valence-electron chi connectivity index (χ3n) is 5.22. The monoisotopic (exact) mass is 430 g/mol. The van der Waals surface area contributed by atoms with E-state index in [-0.39, 0.29) is 17.0 Å². The van der Waals surface area contributed by atoms with Gasteiger partial charge in [0.05, 0.1) is 17.9 Å². The molecular formula is C26H23FN2O3. The van der Waals surface area contributed by atoms with E-state index in [1.54, 1.807) is 18.2 Å². The first-order valence-corrected chi connectivity index (χ1v) is 10.3. The van der Waals surface area contributed by atoms with Crippen molar-refractivity contribution in [2.45, 2.75) is 20.8 Å². The van der Waals surface area contributed by atoms with Crippen molar-refractivity contribution in [1.82, 2.24) is 0 Å². The maximum Gasteiger partial charge on any atom is 0.282 e. The Morgan fingerprint density at radius 2 is 1.72 bits per heavy atom. The molecule has 0 saturated heterocycles. The summed E-state index contributed by atoms with van der Waals surface area (Å²) in [6.45, 7) is 6.25. The number of anilines is 2. The molecule has 32 heavy (non-hydrogen) atoms. The summed E-state index contributed by atoms with van der Waals surface area (Å²) in [6.07, 6.45) is 0. The van der Waals surface area contributed by atoms with E-state index in [4.69, 9.17) is 4.74 Å². The first-order chi connectivity index (χ1) is 15.4. The SMILES string of the molecule is CCOc1cccc(NC2=C(c3ccc(C)cc3C)C(=O)N(c3cccc(F)c3)C2=O)c1. The topological polar surface area (TPSA) is 58.6 Å². The van der Waals surface area contributed by atoms with Gasteiger partial charge in [-0.2, -0.15) is 0 Å². The third kappa shape index (κ3) is 3.99. The van der Waals surface area contributed by atoms with Crippen LogP contribution in [0.15, 0.2) is 72.4 Å². The van der Waals surface area contributed by atoms with Gasteiger partial charge in [0, 0.05) is 11.8 Å². The number of rotatable bonds is 6. The average Bonchev–Trinajstić information content (AvgIpc) is 2.98. The number of halogens is 1. The normalized spacial score (nSPS) is 13.7. The predicted molar refractivity (Wildman–Crippen MR) is 123 cm³/mol. The van der Waals surface area contributed by atoms with Crippen molar-refractivity contribution in [2.75, 3.05) is 16.8 Å². The molecule has 4 rings (SSSR count). The van der Waals surface area contributed by atoms with Crippen molar-refractivity contribution < 1.29 is 18.7 Å². The number of amides is 2. The highest BCUT2D eigenvalue weighted by Crippen LogP contribution is 2.35. The molecule has 0 spiro atoms. The van der Waals surface area contributed by atoms with Crippen LogP contribution in [-0.2, 0) is 9.59 Å². The fourth-order valence-electron chi connectivity index (χ4n) is 3.81. The van der Waals surface area contributed by atoms with Crippen LogP contribution in [0.1, 0.15) is 23.6 Å². The Morgan fingerprint density at radius 3 is 2.44 bits per heavy atom. The molecule has 3 aromatic rings. The van der Waals surface area contributed by atoms with Crippen molar-refractivity contribution >= 4 is 28.8 Å². The van der Waals surface area contributed by atoms with Crippen molar-refractivity contribution in [3.05, 3.63) is 94.9 Å². The van der Waals surface area contributed by atoms with Crippen LogP contribution < -0.4 is 15.0 Å². The molecule has 162 valence electrons. The molecule has 1 aliphatic rings. The van der Waals surface area contributed by atoms with Crippen LogP contribution >= 0.6 is 0 Å². The lowest BCUT2D eigenvalue weighted by Crippen LogP contribution is -2.32. The van der Waals surface area contributed by atoms with Crippen LogP contribution in [0.3, 0.4) is 0 Å². The Balaban J connectivity index is 1.84. The Labute approximate surface area is 186 Å². The number of carbonyl (C=O) groups excluding carboxylic acids is 2. The fraction of sp³-hybridized carbons (Fsp3) is 0.154. The van der Waals surface area contributed by atoms with E-state index in [1.807, 2.05) is 45.0 Å². The van der Waals surface area contributed by atoms with Crippen molar-refractivity contribution in [2.24, 2.45) is 0 Å². The smallest absolute Gasteiger partial charge is 0.282 e. The van der Waals surface area contributed by atoms with Crippen LogP contribution in [-0.4, -0.2) is 18.4 Å². The van der Waals surface area contributed by atoms with Gasteiger partial charge in [0.25, 0.3) is 11.8 Å². The van der Waals surface area contributed by atoms with E-state index in [1.165, 1.54) is 24.3 Å². The van der Waals surface area contributed by atoms with Gasteiger partial charge in [-0.05, 0) is 62.2 Å². The molecule has 3 aromatic carbocycles. The van der Waals surface area contributed by atoms with Crippen LogP contribution in [0.4, 0.5) is 15.8 Å². The van der Waals surface area contributed by atoms with E-state index >= 15 is 0 Å². The Morgan fingerprint density at radius 1 is 0.938 bits per heavy atom. The summed E-state index contributed by atoms with van der Waals surface area (Å²) in [4.78, 5) is 27.9. The van der Waals surface area contributed by atoms with E-state index in [0.717, 1.165) is 16.0 Å². The van der Waals surface area contributed by atoms with Gasteiger partial charge in [-0.25, -0.2) is 9.29 Å². The molecule has 0 fully saturated rings. The minimum atomic E-state index is -0.544. The highest BCUT2D eigenvalue weighted by atomic mass is 19.1. The predicted octanol–water partition coefficient (Wildman–Crippen LogP) is 5.24. The number of nitrogens with one attached hydrogen (secondary N) is 1. The second-order valence-electron chi connectivity index (χ2n) is 7.58. The second-order valence-corrected chi connectivity index (χ2v) is 7.58. The van der Waals surface area contributed by atoms with Gasteiger partial charge in [0.15, 0.2) is 0 Å².